The Kier molecular flexibility index (Phi) is 13.7. The predicted molar refractivity (Wildman–Crippen MR) is 243 cm³/mol. The average Bonchev–Trinajstić information content (AvgIpc) is 3.90. The van der Waals surface area contributed by atoms with Crippen molar-refractivity contribution in [1.29, 1.82) is 5.26 Å². The van der Waals surface area contributed by atoms with Crippen molar-refractivity contribution < 1.29 is 35.8 Å². The Morgan fingerprint density at radius 2 is 1.23 bits per heavy atom. The van der Waals surface area contributed by atoms with E-state index in [1.807, 2.05) is 30.3 Å². The van der Waals surface area contributed by atoms with Gasteiger partial charge in [0.25, 0.3) is 6.26 Å². The van der Waals surface area contributed by atoms with Gasteiger partial charge in [-0.1, -0.05) is 37.1 Å². The molecule has 2 amide bonds. The van der Waals surface area contributed by atoms with E-state index < -0.39 is 31.3 Å². The molecule has 2 saturated carbocycles. The van der Waals surface area contributed by atoms with Crippen LogP contribution >= 0.6 is 0 Å². The van der Waals surface area contributed by atoms with Gasteiger partial charge in [0, 0.05) is 73.9 Å². The molecule has 0 radical (unpaired) electrons. The van der Waals surface area contributed by atoms with Crippen molar-refractivity contribution in [3.8, 4) is 46.0 Å². The summed E-state index contributed by atoms with van der Waals surface area (Å²) >= 11 is 0. The van der Waals surface area contributed by atoms with Gasteiger partial charge in [0.1, 0.15) is 10.5 Å². The van der Waals surface area contributed by atoms with Gasteiger partial charge in [-0.3, -0.25) is 9.80 Å². The number of rotatable bonds is 11. The van der Waals surface area contributed by atoms with Crippen molar-refractivity contribution in [2.24, 2.45) is 5.14 Å². The van der Waals surface area contributed by atoms with E-state index in [4.69, 9.17) is 24.6 Å². The Labute approximate surface area is 375 Å². The first-order chi connectivity index (χ1) is 30.8. The van der Waals surface area contributed by atoms with E-state index in [9.17, 15) is 21.6 Å². The lowest BCUT2D eigenvalue weighted by molar-refractivity contribution is 0.0704. The number of nitrogens with two attached hydrogens (primary N) is 1. The Morgan fingerprint density at radius 1 is 0.719 bits per heavy atom. The van der Waals surface area contributed by atoms with Gasteiger partial charge < -0.3 is 19.5 Å². The predicted octanol–water partition coefficient (Wildman–Crippen LogP) is 5.55. The van der Waals surface area contributed by atoms with Crippen molar-refractivity contribution in [3.05, 3.63) is 83.2 Å². The monoisotopic (exact) mass is 912 g/mol. The number of likely N-dealkylation sites (tertiary alicyclic amines) is 2. The minimum Gasteiger partial charge on any atom is -0.481 e. The van der Waals surface area contributed by atoms with Gasteiger partial charge in [-0.2, -0.15) is 0 Å². The highest BCUT2D eigenvalue weighted by Crippen LogP contribution is 2.41. The fourth-order valence-corrected chi connectivity index (χ4v) is 11.3. The number of nitrogens with one attached hydrogen (secondary N) is 2. The fraction of sp³-hybridized carbons (Fsp3) is 0.478. The van der Waals surface area contributed by atoms with Crippen LogP contribution in [0.1, 0.15) is 73.6 Å². The smallest absolute Gasteiger partial charge is 0.332 e. The van der Waals surface area contributed by atoms with E-state index in [0.717, 1.165) is 84.7 Å². The number of methoxy groups -OCH3 is 2. The summed E-state index contributed by atoms with van der Waals surface area (Å²) in [4.78, 5) is 25.5. The average molecular weight is 913 g/mol. The van der Waals surface area contributed by atoms with Crippen LogP contribution in [0.4, 0.5) is 10.5 Å². The second-order valence-electron chi connectivity index (χ2n) is 17.3. The Bertz CT molecular complexity index is 2620. The van der Waals surface area contributed by atoms with Crippen LogP contribution in [0, 0.1) is 11.5 Å². The molecule has 10 rings (SSSR count). The number of anilines is 1. The number of nitrogens with zero attached hydrogens (tertiary/aromatic N) is 5. The molecule has 18 heteroatoms. The van der Waals surface area contributed by atoms with Crippen molar-refractivity contribution in [3.63, 3.8) is 0 Å². The van der Waals surface area contributed by atoms with Crippen LogP contribution in [0.5, 0.6) is 17.5 Å². The molecular formula is C46H56N8O8S2. The lowest BCUT2D eigenvalue weighted by Crippen LogP contribution is -2.62. The number of fused-ring (bicyclic) bond motifs is 2. The summed E-state index contributed by atoms with van der Waals surface area (Å²) in [6.45, 7) is 2.30. The minimum atomic E-state index is -3.73. The first kappa shape index (κ1) is 45.3. The maximum atomic E-state index is 12.8. The molecule has 0 atom stereocenters. The molecule has 64 heavy (non-hydrogen) atoms. The maximum absolute atomic E-state index is 12.8. The van der Waals surface area contributed by atoms with Gasteiger partial charge in [0.2, 0.25) is 31.8 Å². The van der Waals surface area contributed by atoms with Crippen LogP contribution in [-0.4, -0.2) is 106 Å². The third-order valence-corrected chi connectivity index (χ3v) is 16.4. The van der Waals surface area contributed by atoms with E-state index >= 15 is 0 Å². The Morgan fingerprint density at radius 3 is 1.75 bits per heavy atom. The van der Waals surface area contributed by atoms with E-state index in [-0.39, 0.29) is 5.25 Å². The highest BCUT2D eigenvalue weighted by atomic mass is 32.2. The van der Waals surface area contributed by atoms with Crippen molar-refractivity contribution in [2.75, 3.05) is 45.7 Å². The number of ether oxygens (including phenoxy) is 3. The highest BCUT2D eigenvalue weighted by Gasteiger charge is 2.43. The Balaban J connectivity index is 0.000000148. The molecule has 16 nitrogen and oxygen atoms in total. The molecule has 4 aromatic rings. The van der Waals surface area contributed by atoms with Crippen LogP contribution in [0.15, 0.2) is 60.9 Å². The third-order valence-electron chi connectivity index (χ3n) is 13.5. The van der Waals surface area contributed by atoms with Crippen molar-refractivity contribution in [1.82, 2.24) is 24.5 Å². The molecule has 340 valence electrons. The summed E-state index contributed by atoms with van der Waals surface area (Å²) in [7, 11) is -3.85. The van der Waals surface area contributed by atoms with Crippen molar-refractivity contribution in [2.45, 2.75) is 99.6 Å². The van der Waals surface area contributed by atoms with E-state index in [1.165, 1.54) is 36.8 Å². The molecular weight excluding hydrogens is 857 g/mol. The maximum Gasteiger partial charge on any atom is 0.332 e. The number of benzene rings is 2. The zero-order valence-corrected chi connectivity index (χ0v) is 37.9. The number of carbonyl (C=O) groups excluding carboxylic acids is 1. The number of carbonyl (C=O) groups is 1. The summed E-state index contributed by atoms with van der Waals surface area (Å²) in [6, 6.07) is 16.0. The minimum absolute atomic E-state index is 0.293. The first-order valence-corrected chi connectivity index (χ1v) is 25.2. The number of hydrogen-bond donors (Lipinski definition) is 3. The molecule has 0 spiro atoms. The number of aryl methyl sites for hydroxylation is 2. The number of amides is 2. The van der Waals surface area contributed by atoms with Crippen molar-refractivity contribution >= 4 is 31.8 Å². The van der Waals surface area contributed by atoms with Crippen LogP contribution < -0.4 is 29.4 Å². The number of nitriles is 1. The molecule has 2 saturated heterocycles. The zero-order valence-electron chi connectivity index (χ0n) is 36.3. The van der Waals surface area contributed by atoms with Gasteiger partial charge in [0.05, 0.1) is 19.9 Å². The molecule has 4 N–H and O–H groups in total. The number of sulfonamides is 2. The second kappa shape index (κ2) is 19.4. The zero-order chi connectivity index (χ0) is 45.0. The van der Waals surface area contributed by atoms with Crippen LogP contribution in [-0.2, 0) is 45.7 Å². The highest BCUT2D eigenvalue weighted by molar-refractivity contribution is 7.90. The quantitative estimate of drug-likeness (QED) is 0.157. The van der Waals surface area contributed by atoms with Gasteiger partial charge in [-0.05, 0) is 110 Å². The molecule has 2 aromatic carbocycles. The number of urea groups is 1. The number of aromatic nitrogens is 2. The summed E-state index contributed by atoms with van der Waals surface area (Å²) in [5.74, 6) is 1.70. The fourth-order valence-electron chi connectivity index (χ4n) is 9.24. The molecule has 6 aliphatic rings. The van der Waals surface area contributed by atoms with E-state index in [1.54, 1.807) is 38.9 Å². The van der Waals surface area contributed by atoms with E-state index in [0.29, 0.717) is 61.5 Å². The van der Waals surface area contributed by atoms with Gasteiger partial charge >= 0.3 is 6.03 Å². The van der Waals surface area contributed by atoms with Crippen LogP contribution in [0.3, 0.4) is 0 Å². The SMILES string of the molecule is COc1cc(-c2ccc3c(c2NC(=O)NS(=O)(=O)C2CN(C4CCC4)C2)CCC3)ccn1.COc1cc(-c2ccc3c(c2OC#N)CCC3)ccn1.NS(=O)(=O)C1CN(C2CCC2)C1. The molecule has 4 aliphatic carbocycles. The Hall–Kier alpha value is -5.32. The first-order valence-electron chi connectivity index (χ1n) is 22.0. The lowest BCUT2D eigenvalue weighted by atomic mass is 9.89. The molecule has 0 unspecified atom stereocenters. The van der Waals surface area contributed by atoms with E-state index in [2.05, 4.69) is 41.9 Å². The molecule has 4 heterocycles. The van der Waals surface area contributed by atoms with Gasteiger partial charge in [0.15, 0.2) is 5.75 Å². The third kappa shape index (κ3) is 9.98. The normalized spacial score (nSPS) is 18.7. The topological polar surface area (TPSA) is 219 Å². The summed E-state index contributed by atoms with van der Waals surface area (Å²) in [5, 5.41) is 15.9. The summed E-state index contributed by atoms with van der Waals surface area (Å²) < 4.78 is 65.1. The second-order valence-corrected chi connectivity index (χ2v) is 21.1. The molecule has 2 aliphatic heterocycles. The van der Waals surface area contributed by atoms with Crippen LogP contribution in [0.25, 0.3) is 22.3 Å². The molecule has 2 aromatic heterocycles. The molecule has 4 fully saturated rings. The van der Waals surface area contributed by atoms with Crippen LogP contribution in [0.2, 0.25) is 0 Å². The largest absolute Gasteiger partial charge is 0.481 e. The summed E-state index contributed by atoms with van der Waals surface area (Å²) in [6.07, 6.45) is 18.3. The lowest BCUT2D eigenvalue weighted by Gasteiger charge is -2.47. The summed E-state index contributed by atoms with van der Waals surface area (Å²) in [5.41, 5.74) is 8.85. The van der Waals surface area contributed by atoms with Gasteiger partial charge in [-0.25, -0.2) is 41.5 Å². The number of primary sulfonamides is 1. The molecule has 0 bridgehead atoms. The number of pyridine rings is 2. The van der Waals surface area contributed by atoms with Gasteiger partial charge in [-0.15, -0.1) is 5.26 Å². The number of hydrogen-bond acceptors (Lipinski definition) is 13. The standard InChI is InChI=1S/C23H28N4O4S.C16H14N2O2.C7H14N2O2S/c1-31-21-12-16(10-11-24-21)20-9-8-15-4-2-7-19(15)22(20)25-23(28)26-32(29,30)18-13-27(14-18)17-5-3-6-17;1-19-15-9-12(7-8-18-15)14-6-5-11-3-2-4-13(11)16(14)20-10-17;8-12(10,11)7-4-9(5-7)6-2-1-3-6/h8-12,17-18H,2-7,13-14H2,1H3,(H2,25,26,28);5-9H,2-4H2,1H3;6-7H,1-5H2,(H2,8,10,11).